The van der Waals surface area contributed by atoms with Crippen molar-refractivity contribution in [2.75, 3.05) is 13.2 Å². The van der Waals surface area contributed by atoms with Crippen molar-refractivity contribution >= 4 is 0 Å². The van der Waals surface area contributed by atoms with Gasteiger partial charge in [0.25, 0.3) is 0 Å². The average Bonchev–Trinajstić information content (AvgIpc) is 3.04. The Labute approximate surface area is 120 Å². The summed E-state index contributed by atoms with van der Waals surface area (Å²) in [5.74, 6) is 0.685. The molecule has 0 spiro atoms. The van der Waals surface area contributed by atoms with Gasteiger partial charge in [0.2, 0.25) is 0 Å². The zero-order valence-electron chi connectivity index (χ0n) is 11.6. The highest BCUT2D eigenvalue weighted by molar-refractivity contribution is 5.34. The van der Waals surface area contributed by atoms with Crippen LogP contribution in [0.15, 0.2) is 60.7 Å². The van der Waals surface area contributed by atoms with Crippen LogP contribution in [-0.2, 0) is 4.74 Å². The SMILES string of the molecule is NC(C1CCOC1)C(c1ccccc1)c1ccccc1. The van der Waals surface area contributed by atoms with Crippen LogP contribution in [0.5, 0.6) is 0 Å². The van der Waals surface area contributed by atoms with Crippen molar-refractivity contribution in [1.82, 2.24) is 0 Å². The summed E-state index contributed by atoms with van der Waals surface area (Å²) in [5.41, 5.74) is 9.19. The maximum absolute atomic E-state index is 6.61. The van der Waals surface area contributed by atoms with E-state index in [1.165, 1.54) is 11.1 Å². The van der Waals surface area contributed by atoms with Gasteiger partial charge in [-0.3, -0.25) is 0 Å². The number of ether oxygens (including phenoxy) is 1. The largest absolute Gasteiger partial charge is 0.381 e. The minimum atomic E-state index is 0.0994. The molecule has 20 heavy (non-hydrogen) atoms. The molecule has 1 aliphatic heterocycles. The van der Waals surface area contributed by atoms with Crippen LogP contribution in [0.3, 0.4) is 0 Å². The molecule has 2 nitrogen and oxygen atoms in total. The lowest BCUT2D eigenvalue weighted by molar-refractivity contribution is 0.179. The summed E-state index contributed by atoms with van der Waals surface area (Å²) < 4.78 is 5.52. The van der Waals surface area contributed by atoms with E-state index in [0.29, 0.717) is 5.92 Å². The Morgan fingerprint density at radius 2 is 1.45 bits per heavy atom. The monoisotopic (exact) mass is 267 g/mol. The Morgan fingerprint density at radius 3 is 1.90 bits per heavy atom. The smallest absolute Gasteiger partial charge is 0.0510 e. The van der Waals surface area contributed by atoms with Gasteiger partial charge in [-0.15, -0.1) is 0 Å². The molecule has 1 aliphatic rings. The Bertz CT molecular complexity index is 480. The van der Waals surface area contributed by atoms with Gasteiger partial charge in [-0.25, -0.2) is 0 Å². The molecule has 2 aromatic carbocycles. The Kier molecular flexibility index (Phi) is 4.14. The molecule has 2 heteroatoms. The van der Waals surface area contributed by atoms with Crippen LogP contribution >= 0.6 is 0 Å². The van der Waals surface area contributed by atoms with Crippen LogP contribution in [0.2, 0.25) is 0 Å². The van der Waals surface area contributed by atoms with Gasteiger partial charge in [-0.05, 0) is 17.5 Å². The summed E-state index contributed by atoms with van der Waals surface area (Å²) in [6.07, 6.45) is 1.07. The fraction of sp³-hybridized carbons (Fsp3) is 0.333. The molecule has 1 saturated heterocycles. The molecule has 0 amide bonds. The maximum atomic E-state index is 6.61. The van der Waals surface area contributed by atoms with Crippen molar-refractivity contribution in [2.45, 2.75) is 18.4 Å². The second-order valence-electron chi connectivity index (χ2n) is 5.50. The fourth-order valence-corrected chi connectivity index (χ4v) is 3.09. The first-order chi connectivity index (χ1) is 9.86. The van der Waals surface area contributed by atoms with E-state index < -0.39 is 0 Å². The first kappa shape index (κ1) is 13.3. The van der Waals surface area contributed by atoms with Crippen LogP contribution < -0.4 is 5.73 Å². The maximum Gasteiger partial charge on any atom is 0.0510 e. The number of hydrogen-bond donors (Lipinski definition) is 1. The van der Waals surface area contributed by atoms with Gasteiger partial charge in [-0.2, -0.15) is 0 Å². The molecule has 1 heterocycles. The number of benzene rings is 2. The molecule has 0 aromatic heterocycles. The van der Waals surface area contributed by atoms with Gasteiger partial charge in [0.05, 0.1) is 6.61 Å². The number of rotatable bonds is 4. The molecule has 0 aliphatic carbocycles. The molecule has 2 atom stereocenters. The van der Waals surface area contributed by atoms with E-state index in [2.05, 4.69) is 60.7 Å². The number of hydrogen-bond acceptors (Lipinski definition) is 2. The Balaban J connectivity index is 1.95. The highest BCUT2D eigenvalue weighted by atomic mass is 16.5. The summed E-state index contributed by atoms with van der Waals surface area (Å²) in [6.45, 7) is 1.63. The van der Waals surface area contributed by atoms with E-state index in [0.717, 1.165) is 19.6 Å². The van der Waals surface area contributed by atoms with Crippen LogP contribution in [0.4, 0.5) is 0 Å². The summed E-state index contributed by atoms with van der Waals surface area (Å²) in [4.78, 5) is 0. The zero-order valence-corrected chi connectivity index (χ0v) is 11.6. The van der Waals surface area contributed by atoms with Gasteiger partial charge in [0.1, 0.15) is 0 Å². The molecule has 0 saturated carbocycles. The molecule has 2 N–H and O–H groups in total. The summed E-state index contributed by atoms with van der Waals surface area (Å²) in [6, 6.07) is 21.2. The highest BCUT2D eigenvalue weighted by Crippen LogP contribution is 2.32. The highest BCUT2D eigenvalue weighted by Gasteiger charge is 2.31. The van der Waals surface area contributed by atoms with Crippen molar-refractivity contribution < 1.29 is 4.74 Å². The van der Waals surface area contributed by atoms with Crippen molar-refractivity contribution in [3.05, 3.63) is 71.8 Å². The Hall–Kier alpha value is -1.64. The minimum absolute atomic E-state index is 0.0994. The second-order valence-corrected chi connectivity index (χ2v) is 5.50. The van der Waals surface area contributed by atoms with Crippen LogP contribution in [0, 0.1) is 5.92 Å². The van der Waals surface area contributed by atoms with Crippen molar-refractivity contribution in [2.24, 2.45) is 11.7 Å². The third-order valence-electron chi connectivity index (χ3n) is 4.21. The van der Waals surface area contributed by atoms with Gasteiger partial charge in [0, 0.05) is 24.5 Å². The summed E-state index contributed by atoms with van der Waals surface area (Å²) in [5, 5.41) is 0. The molecular formula is C18H21NO. The third-order valence-corrected chi connectivity index (χ3v) is 4.21. The molecule has 0 radical (unpaired) electrons. The first-order valence-electron chi connectivity index (χ1n) is 7.29. The Morgan fingerprint density at radius 1 is 0.900 bits per heavy atom. The van der Waals surface area contributed by atoms with Crippen LogP contribution in [-0.4, -0.2) is 19.3 Å². The first-order valence-corrected chi connectivity index (χ1v) is 7.29. The molecule has 2 unspecified atom stereocenters. The van der Waals surface area contributed by atoms with Gasteiger partial charge >= 0.3 is 0 Å². The standard InChI is InChI=1S/C18H21NO/c19-18(16-11-12-20-13-16)17(14-7-3-1-4-8-14)15-9-5-2-6-10-15/h1-10,16-18H,11-13,19H2. The minimum Gasteiger partial charge on any atom is -0.381 e. The quantitative estimate of drug-likeness (QED) is 0.923. The van der Waals surface area contributed by atoms with Crippen LogP contribution in [0.1, 0.15) is 23.5 Å². The lowest BCUT2D eigenvalue weighted by Crippen LogP contribution is -2.37. The second kappa shape index (κ2) is 6.21. The summed E-state index contributed by atoms with van der Waals surface area (Å²) in [7, 11) is 0. The lowest BCUT2D eigenvalue weighted by atomic mass is 9.79. The van der Waals surface area contributed by atoms with Gasteiger partial charge < -0.3 is 10.5 Å². The fourth-order valence-electron chi connectivity index (χ4n) is 3.09. The number of nitrogens with two attached hydrogens (primary N) is 1. The molecule has 1 fully saturated rings. The predicted octanol–water partition coefficient (Wildman–Crippen LogP) is 3.18. The van der Waals surface area contributed by atoms with Crippen molar-refractivity contribution in [3.63, 3.8) is 0 Å². The van der Waals surface area contributed by atoms with Gasteiger partial charge in [-0.1, -0.05) is 60.7 Å². The summed E-state index contributed by atoms with van der Waals surface area (Å²) >= 11 is 0. The van der Waals surface area contributed by atoms with Crippen molar-refractivity contribution in [1.29, 1.82) is 0 Å². The van der Waals surface area contributed by atoms with E-state index in [1.807, 2.05) is 0 Å². The third kappa shape index (κ3) is 2.77. The van der Waals surface area contributed by atoms with E-state index in [1.54, 1.807) is 0 Å². The van der Waals surface area contributed by atoms with Crippen molar-refractivity contribution in [3.8, 4) is 0 Å². The van der Waals surface area contributed by atoms with E-state index in [9.17, 15) is 0 Å². The topological polar surface area (TPSA) is 35.2 Å². The average molecular weight is 267 g/mol. The predicted molar refractivity (Wildman–Crippen MR) is 81.6 cm³/mol. The lowest BCUT2D eigenvalue weighted by Gasteiger charge is -2.28. The molecule has 3 rings (SSSR count). The normalized spacial score (nSPS) is 20.2. The van der Waals surface area contributed by atoms with Crippen LogP contribution in [0.25, 0.3) is 0 Å². The van der Waals surface area contributed by atoms with Gasteiger partial charge in [0.15, 0.2) is 0 Å². The van der Waals surface area contributed by atoms with E-state index >= 15 is 0 Å². The molecule has 0 bridgehead atoms. The molecule has 2 aromatic rings. The van der Waals surface area contributed by atoms with E-state index in [4.69, 9.17) is 10.5 Å². The molecular weight excluding hydrogens is 246 g/mol. The molecule has 104 valence electrons. The zero-order chi connectivity index (χ0) is 13.8. The van der Waals surface area contributed by atoms with E-state index in [-0.39, 0.29) is 12.0 Å².